The summed E-state index contributed by atoms with van der Waals surface area (Å²) in [6, 6.07) is 0.294. The van der Waals surface area contributed by atoms with Gasteiger partial charge in [0.15, 0.2) is 0 Å². The maximum absolute atomic E-state index is 11.7. The summed E-state index contributed by atoms with van der Waals surface area (Å²) in [6.07, 6.45) is 2.22. The molecule has 0 aliphatic heterocycles. The molecule has 0 aromatic rings. The largest absolute Gasteiger partial charge is 0.468 e. The van der Waals surface area contributed by atoms with Crippen LogP contribution in [0.3, 0.4) is 0 Å². The molecule has 0 heterocycles. The second-order valence-electron chi connectivity index (χ2n) is 5.18. The zero-order valence-corrected chi connectivity index (χ0v) is 12.8. The van der Waals surface area contributed by atoms with Crippen LogP contribution in [0.2, 0.25) is 0 Å². The summed E-state index contributed by atoms with van der Waals surface area (Å²) < 4.78 is 4.83. The summed E-state index contributed by atoms with van der Waals surface area (Å²) in [4.78, 5) is 14.1. The minimum Gasteiger partial charge on any atom is -0.468 e. The molecule has 4 nitrogen and oxygen atoms in total. The van der Waals surface area contributed by atoms with E-state index in [1.165, 1.54) is 7.11 Å². The minimum atomic E-state index is -0.241. The van der Waals surface area contributed by atoms with Crippen molar-refractivity contribution in [2.45, 2.75) is 52.6 Å². The van der Waals surface area contributed by atoms with E-state index < -0.39 is 0 Å². The number of methoxy groups -OCH3 is 1. The molecule has 0 fully saturated rings. The van der Waals surface area contributed by atoms with Crippen molar-refractivity contribution in [2.75, 3.05) is 27.2 Å². The highest BCUT2D eigenvalue weighted by molar-refractivity contribution is 5.75. The highest BCUT2D eigenvalue weighted by atomic mass is 16.5. The number of nitrogens with one attached hydrogen (secondary N) is 1. The van der Waals surface area contributed by atoms with Crippen molar-refractivity contribution in [3.63, 3.8) is 0 Å². The van der Waals surface area contributed by atoms with Crippen LogP contribution in [0, 0.1) is 5.92 Å². The average molecular weight is 258 g/mol. The Hall–Kier alpha value is -0.610. The van der Waals surface area contributed by atoms with Gasteiger partial charge in [0.25, 0.3) is 0 Å². The molecule has 0 aromatic carbocycles. The number of likely N-dealkylation sites (N-methyl/N-ethyl adjacent to an activating group) is 1. The van der Waals surface area contributed by atoms with Gasteiger partial charge in [0.05, 0.1) is 7.11 Å². The highest BCUT2D eigenvalue weighted by Crippen LogP contribution is 2.12. The first kappa shape index (κ1) is 17.4. The van der Waals surface area contributed by atoms with Gasteiger partial charge in [-0.15, -0.1) is 0 Å². The van der Waals surface area contributed by atoms with E-state index in [0.29, 0.717) is 18.5 Å². The number of nitrogens with zero attached hydrogens (tertiary/aromatic N) is 1. The summed E-state index contributed by atoms with van der Waals surface area (Å²) in [5, 5.41) is 3.04. The van der Waals surface area contributed by atoms with Crippen LogP contribution in [0.5, 0.6) is 0 Å². The molecular weight excluding hydrogens is 228 g/mol. The van der Waals surface area contributed by atoms with Crippen LogP contribution in [-0.4, -0.2) is 50.2 Å². The van der Waals surface area contributed by atoms with Crippen LogP contribution in [0.1, 0.15) is 40.5 Å². The first-order valence-corrected chi connectivity index (χ1v) is 6.99. The quantitative estimate of drug-likeness (QED) is 0.641. The van der Waals surface area contributed by atoms with Crippen molar-refractivity contribution in [3.05, 3.63) is 0 Å². The molecule has 0 bridgehead atoms. The first-order valence-electron chi connectivity index (χ1n) is 6.99. The molecule has 1 N–H and O–H groups in total. The number of ether oxygens (including phenoxy) is 1. The third kappa shape index (κ3) is 5.83. The molecule has 0 spiro atoms. The van der Waals surface area contributed by atoms with E-state index in [-0.39, 0.29) is 12.0 Å². The van der Waals surface area contributed by atoms with E-state index in [1.54, 1.807) is 0 Å². The average Bonchev–Trinajstić information content (AvgIpc) is 2.35. The fraction of sp³-hybridized carbons (Fsp3) is 0.929. The van der Waals surface area contributed by atoms with Crippen molar-refractivity contribution in [1.29, 1.82) is 0 Å². The molecule has 0 rings (SSSR count). The summed E-state index contributed by atoms with van der Waals surface area (Å²) in [5.74, 6) is 0.415. The summed E-state index contributed by atoms with van der Waals surface area (Å²) in [6.45, 7) is 10.6. The summed E-state index contributed by atoms with van der Waals surface area (Å²) >= 11 is 0. The normalized spacial score (nSPS) is 13.4. The van der Waals surface area contributed by atoms with Crippen molar-refractivity contribution in [3.8, 4) is 0 Å². The predicted octanol–water partition coefficient (Wildman–Crippen LogP) is 1.89. The highest BCUT2D eigenvalue weighted by Gasteiger charge is 2.24. The third-order valence-electron chi connectivity index (χ3n) is 3.31. The Balaban J connectivity index is 4.68. The van der Waals surface area contributed by atoms with E-state index in [0.717, 1.165) is 19.4 Å². The Bertz CT molecular complexity index is 228. The van der Waals surface area contributed by atoms with E-state index in [1.807, 2.05) is 7.05 Å². The molecule has 1 unspecified atom stereocenters. The first-order chi connectivity index (χ1) is 8.49. The van der Waals surface area contributed by atoms with E-state index in [9.17, 15) is 4.79 Å². The van der Waals surface area contributed by atoms with Gasteiger partial charge >= 0.3 is 5.97 Å². The molecule has 0 aliphatic rings. The number of esters is 1. The van der Waals surface area contributed by atoms with Gasteiger partial charge in [0.2, 0.25) is 0 Å². The van der Waals surface area contributed by atoms with Gasteiger partial charge in [-0.3, -0.25) is 9.69 Å². The summed E-state index contributed by atoms with van der Waals surface area (Å²) in [5.41, 5.74) is 0. The van der Waals surface area contributed by atoms with Gasteiger partial charge in [-0.05, 0) is 25.8 Å². The van der Waals surface area contributed by atoms with Gasteiger partial charge in [-0.1, -0.05) is 27.7 Å². The van der Waals surface area contributed by atoms with Gasteiger partial charge < -0.3 is 10.1 Å². The van der Waals surface area contributed by atoms with Crippen LogP contribution in [0.15, 0.2) is 0 Å². The van der Waals surface area contributed by atoms with Gasteiger partial charge in [0.1, 0.15) is 6.04 Å². The number of rotatable bonds is 9. The molecule has 0 aliphatic carbocycles. The van der Waals surface area contributed by atoms with E-state index >= 15 is 0 Å². The lowest BCUT2D eigenvalue weighted by Gasteiger charge is -2.34. The van der Waals surface area contributed by atoms with Crippen molar-refractivity contribution in [2.24, 2.45) is 5.92 Å². The standard InChI is InChI=1S/C14H30N2O2/c1-7-12(8-2)16(9-11(3)4)10-13(15-5)14(17)18-6/h11-13,15H,7-10H2,1-6H3. The zero-order valence-electron chi connectivity index (χ0n) is 12.8. The predicted molar refractivity (Wildman–Crippen MR) is 75.6 cm³/mol. The van der Waals surface area contributed by atoms with Crippen LogP contribution in [0.4, 0.5) is 0 Å². The van der Waals surface area contributed by atoms with E-state index in [4.69, 9.17) is 4.74 Å². The second-order valence-corrected chi connectivity index (χ2v) is 5.18. The summed E-state index contributed by atoms with van der Waals surface area (Å²) in [7, 11) is 3.25. The molecule has 1 atom stereocenters. The Morgan fingerprint density at radius 1 is 1.22 bits per heavy atom. The number of carbonyl (C=O) groups excluding carboxylic acids is 1. The van der Waals surface area contributed by atoms with Gasteiger partial charge in [-0.2, -0.15) is 0 Å². The Labute approximate surface area is 112 Å². The van der Waals surface area contributed by atoms with Crippen LogP contribution in [0.25, 0.3) is 0 Å². The lowest BCUT2D eigenvalue weighted by molar-refractivity contribution is -0.143. The van der Waals surface area contributed by atoms with Crippen molar-refractivity contribution >= 4 is 5.97 Å². The molecule has 0 saturated heterocycles. The smallest absolute Gasteiger partial charge is 0.324 e. The zero-order chi connectivity index (χ0) is 14.1. The number of hydrogen-bond acceptors (Lipinski definition) is 4. The monoisotopic (exact) mass is 258 g/mol. The van der Waals surface area contributed by atoms with Crippen LogP contribution < -0.4 is 5.32 Å². The van der Waals surface area contributed by atoms with Crippen molar-refractivity contribution < 1.29 is 9.53 Å². The topological polar surface area (TPSA) is 41.6 Å². The SMILES string of the molecule is CCC(CC)N(CC(C)C)CC(NC)C(=O)OC. The van der Waals surface area contributed by atoms with E-state index in [2.05, 4.69) is 37.9 Å². The molecule has 4 heteroatoms. The lowest BCUT2D eigenvalue weighted by Crippen LogP contribution is -2.49. The second kappa shape index (κ2) is 9.34. The Morgan fingerprint density at radius 2 is 1.78 bits per heavy atom. The van der Waals surface area contributed by atoms with Gasteiger partial charge in [0, 0.05) is 19.1 Å². The molecule has 0 amide bonds. The molecule has 108 valence electrons. The maximum atomic E-state index is 11.7. The van der Waals surface area contributed by atoms with Crippen molar-refractivity contribution in [1.82, 2.24) is 10.2 Å². The van der Waals surface area contributed by atoms with Gasteiger partial charge in [-0.25, -0.2) is 0 Å². The molecule has 0 aromatic heterocycles. The number of hydrogen-bond donors (Lipinski definition) is 1. The Morgan fingerprint density at radius 3 is 2.11 bits per heavy atom. The van der Waals surface area contributed by atoms with Crippen LogP contribution >= 0.6 is 0 Å². The minimum absolute atomic E-state index is 0.183. The fourth-order valence-corrected chi connectivity index (χ4v) is 2.31. The van der Waals surface area contributed by atoms with Crippen LogP contribution in [-0.2, 0) is 9.53 Å². The molecule has 18 heavy (non-hydrogen) atoms. The lowest BCUT2D eigenvalue weighted by atomic mass is 10.1. The molecule has 0 radical (unpaired) electrons. The maximum Gasteiger partial charge on any atom is 0.324 e. The third-order valence-corrected chi connectivity index (χ3v) is 3.31. The Kier molecular flexibility index (Phi) is 9.02. The number of carbonyl (C=O) groups is 1. The molecule has 0 saturated carbocycles. The molecular formula is C14H30N2O2. The fourth-order valence-electron chi connectivity index (χ4n) is 2.31.